The smallest absolute Gasteiger partial charge is 0.291 e. The molecule has 0 amide bonds. The van der Waals surface area contributed by atoms with Gasteiger partial charge in [-0.3, -0.25) is 22.0 Å². The van der Waals surface area contributed by atoms with Gasteiger partial charge in [0.2, 0.25) is 0 Å². The molecule has 0 aliphatic carbocycles. The van der Waals surface area contributed by atoms with E-state index < -0.39 is 0 Å². The van der Waals surface area contributed by atoms with Crippen LogP contribution in [0.25, 0.3) is 0 Å². The number of H-pyrrole nitrogens is 1. The topological polar surface area (TPSA) is 210 Å². The number of azo groups is 1. The molecule has 0 unspecified atom stereocenters. The lowest BCUT2D eigenvalue weighted by Crippen LogP contribution is -2.51. The molecule has 0 atom stereocenters. The third-order valence-corrected chi connectivity index (χ3v) is 0.871. The van der Waals surface area contributed by atoms with E-state index in [4.69, 9.17) is 0 Å². The van der Waals surface area contributed by atoms with Crippen LogP contribution in [0.1, 0.15) is 0 Å². The molecule has 0 bridgehead atoms. The van der Waals surface area contributed by atoms with Crippen LogP contribution in [-0.4, -0.2) is 42.1 Å². The van der Waals surface area contributed by atoms with Crippen molar-refractivity contribution in [2.24, 2.45) is 21.7 Å². The lowest BCUT2D eigenvalue weighted by molar-refractivity contribution is -0.116. The largest absolute Gasteiger partial charge is 0.336 e. The van der Waals surface area contributed by atoms with Crippen LogP contribution < -0.4 is 22.0 Å². The molecule has 2 rings (SSSR count). The highest BCUT2D eigenvalue weighted by molar-refractivity contribution is 5.68. The summed E-state index contributed by atoms with van der Waals surface area (Å²) in [6.45, 7) is 0. The first-order valence-corrected chi connectivity index (χ1v) is 3.65. The highest BCUT2D eigenvalue weighted by Crippen LogP contribution is 2.03. The number of nitrogens with two attached hydrogens (primary N) is 3. The van der Waals surface area contributed by atoms with E-state index in [2.05, 4.69) is 68.4 Å². The molecule has 0 aliphatic heterocycles. The van der Waals surface area contributed by atoms with Gasteiger partial charge in [-0.2, -0.15) is 15.5 Å². The Labute approximate surface area is 87.2 Å². The maximum atomic E-state index is 4.58. The van der Waals surface area contributed by atoms with E-state index in [1.165, 1.54) is 0 Å². The molecule has 0 radical (unpaired) electrons. The predicted octanol–water partition coefficient (Wildman–Crippen LogP) is -4.22. The summed E-state index contributed by atoms with van der Waals surface area (Å²) in [5.41, 5.74) is 9.17. The van der Waals surface area contributed by atoms with Gasteiger partial charge in [0.05, 0.1) is 0 Å². The third-order valence-electron chi connectivity index (χ3n) is 0.871. The number of hydrogen-bond acceptors (Lipinski definition) is 8. The molecule has 0 spiro atoms. The van der Waals surface area contributed by atoms with Crippen molar-refractivity contribution in [2.45, 2.75) is 0 Å². The van der Waals surface area contributed by atoms with Gasteiger partial charge in [-0.1, -0.05) is 5.10 Å². The lowest BCUT2D eigenvalue weighted by atomic mass is 11.1. The second-order valence-corrected chi connectivity index (χ2v) is 2.09. The summed E-state index contributed by atoms with van der Waals surface area (Å²) in [6.07, 6.45) is 0. The number of tetrazole rings is 2. The van der Waals surface area contributed by atoms with Gasteiger partial charge in [0.1, 0.15) is 5.95 Å². The number of aromatic amines is 1. The molecule has 0 fully saturated rings. The molecule has 2 aromatic heterocycles. The fraction of sp³-hybridized carbons (Fsp3) is 0. The quantitative estimate of drug-likeness (QED) is 0.221. The minimum absolute atomic E-state index is 0.0554. The molecule has 0 aromatic carbocycles. The van der Waals surface area contributed by atoms with E-state index in [1.54, 1.807) is 0 Å². The summed E-state index contributed by atoms with van der Waals surface area (Å²) in [7, 11) is 0. The molecule has 13 heteroatoms. The zero-order valence-electron chi connectivity index (χ0n) is 7.76. The number of guanidine groups is 1. The van der Waals surface area contributed by atoms with E-state index in [1.807, 2.05) is 0 Å². The van der Waals surface area contributed by atoms with Gasteiger partial charge >= 0.3 is 5.96 Å². The zero-order valence-corrected chi connectivity index (χ0v) is 7.76. The van der Waals surface area contributed by atoms with E-state index in [0.29, 0.717) is 0 Å². The third kappa shape index (κ3) is 4.30. The molecule has 16 heavy (non-hydrogen) atoms. The monoisotopic (exact) mass is 225 g/mol. The van der Waals surface area contributed by atoms with Crippen LogP contribution in [0.4, 0.5) is 11.9 Å². The first kappa shape index (κ1) is 11.1. The van der Waals surface area contributed by atoms with Crippen molar-refractivity contribution in [3.63, 3.8) is 0 Å². The summed E-state index contributed by atoms with van der Waals surface area (Å²) in [6, 6.07) is 0. The molecule has 0 aliphatic rings. The van der Waals surface area contributed by atoms with Gasteiger partial charge in [-0.05, 0) is 5.21 Å². The van der Waals surface area contributed by atoms with Crippen molar-refractivity contribution in [3.05, 3.63) is 0 Å². The van der Waals surface area contributed by atoms with E-state index in [0.717, 1.165) is 0 Å². The number of rotatable bonds is 2. The molecule has 84 valence electrons. The summed E-state index contributed by atoms with van der Waals surface area (Å²) >= 11 is 0. The Morgan fingerprint density at radius 1 is 1.31 bits per heavy atom. The highest BCUT2D eigenvalue weighted by atomic mass is 15.5. The average Bonchev–Trinajstić information content (AvgIpc) is 2.87. The summed E-state index contributed by atoms with van der Waals surface area (Å²) in [5.74, 6) is 0.0691. The zero-order chi connectivity index (χ0) is 11.8. The molecule has 13 nitrogen and oxygen atoms in total. The Kier molecular flexibility index (Phi) is 3.94. The molecular formula is C3H7N13. The minimum Gasteiger partial charge on any atom is -0.291 e. The first-order chi connectivity index (χ1) is 7.68. The van der Waals surface area contributed by atoms with Gasteiger partial charge in [-0.25, -0.2) is 10.2 Å². The molecule has 2 aromatic rings. The van der Waals surface area contributed by atoms with Crippen molar-refractivity contribution >= 4 is 17.9 Å². The van der Waals surface area contributed by atoms with Gasteiger partial charge in [0.25, 0.3) is 5.95 Å². The van der Waals surface area contributed by atoms with Crippen LogP contribution in [0.15, 0.2) is 10.2 Å². The second-order valence-electron chi connectivity index (χ2n) is 2.09. The van der Waals surface area contributed by atoms with Crippen molar-refractivity contribution < 1.29 is 5.41 Å². The number of nitrogens with one attached hydrogen (secondary N) is 1. The Morgan fingerprint density at radius 3 is 2.56 bits per heavy atom. The molecular weight excluding hydrogens is 218 g/mol. The number of aromatic nitrogens is 8. The maximum absolute atomic E-state index is 4.58. The number of hydrogen-bond donors (Lipinski definition) is 4. The van der Waals surface area contributed by atoms with Crippen molar-refractivity contribution in [1.29, 1.82) is 0 Å². The van der Waals surface area contributed by atoms with Gasteiger partial charge in [0, 0.05) is 0 Å². The molecule has 7 N–H and O–H groups in total. The highest BCUT2D eigenvalue weighted by Gasteiger charge is 1.89. The van der Waals surface area contributed by atoms with E-state index >= 15 is 0 Å². The van der Waals surface area contributed by atoms with E-state index in [9.17, 15) is 0 Å². The minimum atomic E-state index is -0.0833. The van der Waals surface area contributed by atoms with Gasteiger partial charge < -0.3 is 0 Å². The number of nitrogens with zero attached hydrogens (tertiary/aromatic N) is 9. The molecule has 0 saturated carbocycles. The van der Waals surface area contributed by atoms with E-state index in [-0.39, 0.29) is 17.9 Å². The van der Waals surface area contributed by atoms with Gasteiger partial charge in [-0.15, -0.1) is 10.3 Å². The van der Waals surface area contributed by atoms with Crippen LogP contribution in [-0.2, 0) is 0 Å². The molecule has 2 heterocycles. The summed E-state index contributed by atoms with van der Waals surface area (Å²) < 4.78 is 0. The van der Waals surface area contributed by atoms with Crippen LogP contribution in [0.3, 0.4) is 0 Å². The van der Waals surface area contributed by atoms with Crippen molar-refractivity contribution in [1.82, 2.24) is 41.2 Å². The van der Waals surface area contributed by atoms with Crippen LogP contribution >= 0.6 is 0 Å². The van der Waals surface area contributed by atoms with Crippen LogP contribution in [0, 0.1) is 0 Å². The Bertz CT molecular complexity index is 381. The lowest BCUT2D eigenvalue weighted by Gasteiger charge is -1.84. The van der Waals surface area contributed by atoms with Crippen LogP contribution in [0.5, 0.6) is 0 Å². The fourth-order valence-electron chi connectivity index (χ4n) is 0.468. The standard InChI is InChI=1S/C2HN10.CH5N3/c3(1-5-9-10-6-1)4-2-7-11-12-8-2;2-1(3)4/h(H-,5,6,7,8,9,10,11,12);(H5,2,3,4)/q-1;/p+1/b4-3+;. The van der Waals surface area contributed by atoms with Crippen molar-refractivity contribution in [2.75, 3.05) is 0 Å². The van der Waals surface area contributed by atoms with Crippen LogP contribution in [0.2, 0.25) is 0 Å². The summed E-state index contributed by atoms with van der Waals surface area (Å²) in [4.78, 5) is 0. The Balaban J connectivity index is 0.000000280. The summed E-state index contributed by atoms with van der Waals surface area (Å²) in [5, 5.41) is 37.3. The Hall–Kier alpha value is -2.99. The predicted molar refractivity (Wildman–Crippen MR) is 46.8 cm³/mol. The Morgan fingerprint density at radius 2 is 2.06 bits per heavy atom. The fourth-order valence-corrected chi connectivity index (χ4v) is 0.468. The maximum Gasteiger partial charge on any atom is 0.336 e. The normalized spacial score (nSPS) is 9.75. The first-order valence-electron chi connectivity index (χ1n) is 3.65. The second kappa shape index (κ2) is 5.68. The van der Waals surface area contributed by atoms with Crippen molar-refractivity contribution in [3.8, 4) is 0 Å². The SMILES string of the molecule is N(=N\c1nnn[n-]1)/c1nn[nH]n1.NC(N)=[NH2+]. The average molecular weight is 225 g/mol. The van der Waals surface area contributed by atoms with Gasteiger partial charge in [0.15, 0.2) is 0 Å². The molecule has 0 saturated heterocycles.